The Kier molecular flexibility index (Phi) is 2.02. The molecule has 0 fully saturated rings. The molecule has 0 spiro atoms. The number of methoxy groups -OCH3 is 1. The van der Waals surface area contributed by atoms with Crippen molar-refractivity contribution >= 4 is 5.78 Å². The van der Waals surface area contributed by atoms with E-state index >= 15 is 0 Å². The second kappa shape index (κ2) is 3.08. The average Bonchev–Trinajstić information content (AvgIpc) is 2.41. The zero-order chi connectivity index (χ0) is 10.3. The van der Waals surface area contributed by atoms with E-state index in [1.54, 1.807) is 0 Å². The van der Waals surface area contributed by atoms with Crippen LogP contribution in [0.15, 0.2) is 12.1 Å². The van der Waals surface area contributed by atoms with Gasteiger partial charge in [0.15, 0.2) is 17.3 Å². The Bertz CT molecular complexity index is 399. The quantitative estimate of drug-likeness (QED) is 0.685. The Morgan fingerprint density at radius 3 is 2.86 bits per heavy atom. The van der Waals surface area contributed by atoms with Gasteiger partial charge in [-0.25, -0.2) is 4.39 Å². The molecule has 0 N–H and O–H groups in total. The zero-order valence-corrected chi connectivity index (χ0v) is 8.13. The third-order valence-electron chi connectivity index (χ3n) is 2.62. The number of benzene rings is 1. The monoisotopic (exact) mass is 194 g/mol. The van der Waals surface area contributed by atoms with Gasteiger partial charge in [-0.15, -0.1) is 0 Å². The molecule has 0 aliphatic heterocycles. The molecule has 0 radical (unpaired) electrons. The number of Topliss-reactive ketones (excluding diaryl/α,β-unsaturated/α-hetero) is 1. The number of hydrogen-bond donors (Lipinski definition) is 0. The lowest BCUT2D eigenvalue weighted by molar-refractivity contribution is 0.0946. The molecule has 0 heterocycles. The Labute approximate surface area is 81.7 Å². The first-order valence-electron chi connectivity index (χ1n) is 4.54. The highest BCUT2D eigenvalue weighted by Crippen LogP contribution is 2.31. The molecule has 3 heteroatoms. The van der Waals surface area contributed by atoms with Crippen molar-refractivity contribution in [2.45, 2.75) is 13.3 Å². The van der Waals surface area contributed by atoms with Gasteiger partial charge in [0.05, 0.1) is 7.11 Å². The smallest absolute Gasteiger partial charge is 0.166 e. The van der Waals surface area contributed by atoms with Crippen LogP contribution in [0.4, 0.5) is 4.39 Å². The van der Waals surface area contributed by atoms with Gasteiger partial charge >= 0.3 is 0 Å². The van der Waals surface area contributed by atoms with Crippen LogP contribution in [0.25, 0.3) is 0 Å². The van der Waals surface area contributed by atoms with E-state index < -0.39 is 5.82 Å². The molecule has 1 unspecified atom stereocenters. The van der Waals surface area contributed by atoms with Gasteiger partial charge in [-0.05, 0) is 24.1 Å². The number of rotatable bonds is 1. The second-order valence-electron chi connectivity index (χ2n) is 3.61. The number of fused-ring (bicyclic) bond motifs is 1. The minimum atomic E-state index is -0.395. The molecule has 0 saturated heterocycles. The van der Waals surface area contributed by atoms with Gasteiger partial charge in [-0.3, -0.25) is 4.79 Å². The number of hydrogen-bond acceptors (Lipinski definition) is 2. The van der Waals surface area contributed by atoms with Gasteiger partial charge in [-0.2, -0.15) is 0 Å². The SMILES string of the molecule is COc1cc2c(cc1F)CC(C)C2=O. The van der Waals surface area contributed by atoms with Crippen LogP contribution in [-0.2, 0) is 6.42 Å². The van der Waals surface area contributed by atoms with E-state index in [2.05, 4.69) is 0 Å². The molecule has 1 aromatic carbocycles. The molecule has 0 amide bonds. The fourth-order valence-electron chi connectivity index (χ4n) is 1.84. The first-order chi connectivity index (χ1) is 6.63. The lowest BCUT2D eigenvalue weighted by Gasteiger charge is -2.03. The molecule has 1 aliphatic carbocycles. The van der Waals surface area contributed by atoms with Crippen molar-refractivity contribution in [1.29, 1.82) is 0 Å². The van der Waals surface area contributed by atoms with E-state index in [0.717, 1.165) is 5.56 Å². The topological polar surface area (TPSA) is 26.3 Å². The first-order valence-corrected chi connectivity index (χ1v) is 4.54. The Morgan fingerprint density at radius 1 is 1.50 bits per heavy atom. The summed E-state index contributed by atoms with van der Waals surface area (Å²) in [5, 5.41) is 0. The van der Waals surface area contributed by atoms with Gasteiger partial charge in [0.25, 0.3) is 0 Å². The number of carbonyl (C=O) groups is 1. The molecule has 2 rings (SSSR count). The predicted molar refractivity (Wildman–Crippen MR) is 50.2 cm³/mol. The summed E-state index contributed by atoms with van der Waals surface area (Å²) < 4.78 is 18.1. The lowest BCUT2D eigenvalue weighted by atomic mass is 10.1. The number of ketones is 1. The van der Waals surface area contributed by atoms with E-state index in [4.69, 9.17) is 4.74 Å². The highest BCUT2D eigenvalue weighted by molar-refractivity contribution is 6.02. The molecule has 0 aromatic heterocycles. The van der Waals surface area contributed by atoms with E-state index in [0.29, 0.717) is 12.0 Å². The number of ether oxygens (including phenoxy) is 1. The van der Waals surface area contributed by atoms with Crippen molar-refractivity contribution in [3.63, 3.8) is 0 Å². The first kappa shape index (κ1) is 9.19. The maximum Gasteiger partial charge on any atom is 0.166 e. The van der Waals surface area contributed by atoms with Crippen molar-refractivity contribution in [2.75, 3.05) is 7.11 Å². The summed E-state index contributed by atoms with van der Waals surface area (Å²) in [6.07, 6.45) is 0.634. The van der Waals surface area contributed by atoms with Gasteiger partial charge < -0.3 is 4.74 Å². The van der Waals surface area contributed by atoms with Gasteiger partial charge in [0.2, 0.25) is 0 Å². The average molecular weight is 194 g/mol. The minimum absolute atomic E-state index is 0.0310. The molecule has 1 atom stereocenters. The lowest BCUT2D eigenvalue weighted by Crippen LogP contribution is -2.03. The van der Waals surface area contributed by atoms with Crippen molar-refractivity contribution in [3.05, 3.63) is 29.1 Å². The van der Waals surface area contributed by atoms with E-state index in [9.17, 15) is 9.18 Å². The molecule has 1 aliphatic rings. The standard InChI is InChI=1S/C11H11FO2/c1-6-3-7-4-9(12)10(14-2)5-8(7)11(6)13/h4-6H,3H2,1-2H3. The normalized spacial score (nSPS) is 19.6. The van der Waals surface area contributed by atoms with Crippen LogP contribution in [0, 0.1) is 11.7 Å². The fourth-order valence-corrected chi connectivity index (χ4v) is 1.84. The summed E-state index contributed by atoms with van der Waals surface area (Å²) in [6.45, 7) is 1.85. The van der Waals surface area contributed by atoms with Crippen molar-refractivity contribution in [3.8, 4) is 5.75 Å². The Morgan fingerprint density at radius 2 is 2.21 bits per heavy atom. The van der Waals surface area contributed by atoms with E-state index in [1.165, 1.54) is 19.2 Å². The van der Waals surface area contributed by atoms with Crippen molar-refractivity contribution in [1.82, 2.24) is 0 Å². The molecule has 2 nitrogen and oxygen atoms in total. The summed E-state index contributed by atoms with van der Waals surface area (Å²) in [4.78, 5) is 11.6. The van der Waals surface area contributed by atoms with Crippen LogP contribution in [0.3, 0.4) is 0 Å². The van der Waals surface area contributed by atoms with E-state index in [-0.39, 0.29) is 17.5 Å². The fraction of sp³-hybridized carbons (Fsp3) is 0.364. The third kappa shape index (κ3) is 1.20. The van der Waals surface area contributed by atoms with Crippen LogP contribution in [-0.4, -0.2) is 12.9 Å². The van der Waals surface area contributed by atoms with Crippen LogP contribution in [0.2, 0.25) is 0 Å². The maximum absolute atomic E-state index is 13.3. The Hall–Kier alpha value is -1.38. The molecule has 14 heavy (non-hydrogen) atoms. The van der Waals surface area contributed by atoms with Crippen LogP contribution < -0.4 is 4.74 Å². The van der Waals surface area contributed by atoms with Crippen LogP contribution >= 0.6 is 0 Å². The molecular formula is C11H11FO2. The number of halogens is 1. The van der Waals surface area contributed by atoms with Crippen LogP contribution in [0.5, 0.6) is 5.75 Å². The molecule has 74 valence electrons. The third-order valence-corrected chi connectivity index (χ3v) is 2.62. The molecule has 1 aromatic rings. The predicted octanol–water partition coefficient (Wildman–Crippen LogP) is 2.21. The largest absolute Gasteiger partial charge is 0.494 e. The summed E-state index contributed by atoms with van der Waals surface area (Å²) in [5.41, 5.74) is 1.40. The second-order valence-corrected chi connectivity index (χ2v) is 3.61. The van der Waals surface area contributed by atoms with Gasteiger partial charge in [0.1, 0.15) is 0 Å². The summed E-state index contributed by atoms with van der Waals surface area (Å²) in [6, 6.07) is 2.89. The molecule has 0 bridgehead atoms. The number of carbonyl (C=O) groups excluding carboxylic acids is 1. The highest BCUT2D eigenvalue weighted by Gasteiger charge is 2.28. The zero-order valence-electron chi connectivity index (χ0n) is 8.13. The summed E-state index contributed by atoms with van der Waals surface area (Å²) in [5.74, 6) is -0.200. The highest BCUT2D eigenvalue weighted by atomic mass is 19.1. The minimum Gasteiger partial charge on any atom is -0.494 e. The van der Waals surface area contributed by atoms with Gasteiger partial charge in [-0.1, -0.05) is 6.92 Å². The molecular weight excluding hydrogens is 183 g/mol. The summed E-state index contributed by atoms with van der Waals surface area (Å²) in [7, 11) is 1.40. The maximum atomic E-state index is 13.3. The van der Waals surface area contributed by atoms with Crippen molar-refractivity contribution in [2.24, 2.45) is 5.92 Å². The van der Waals surface area contributed by atoms with Crippen LogP contribution in [0.1, 0.15) is 22.8 Å². The van der Waals surface area contributed by atoms with E-state index in [1.807, 2.05) is 6.92 Å². The van der Waals surface area contributed by atoms with Gasteiger partial charge in [0, 0.05) is 11.5 Å². The van der Waals surface area contributed by atoms with Crippen molar-refractivity contribution < 1.29 is 13.9 Å². The Balaban J connectivity index is 2.55. The molecule has 0 saturated carbocycles. The summed E-state index contributed by atoms with van der Waals surface area (Å²) >= 11 is 0.